The van der Waals surface area contributed by atoms with E-state index in [2.05, 4.69) is 20.1 Å². The molecule has 0 saturated carbocycles. The van der Waals surface area contributed by atoms with Crippen LogP contribution in [0.2, 0.25) is 0 Å². The summed E-state index contributed by atoms with van der Waals surface area (Å²) in [4.78, 5) is 19.6. The Labute approximate surface area is 174 Å². The van der Waals surface area contributed by atoms with Crippen molar-refractivity contribution in [1.29, 1.82) is 0 Å². The number of aromatic nitrogens is 3. The summed E-state index contributed by atoms with van der Waals surface area (Å²) in [6.07, 6.45) is 6.69. The molecule has 3 aliphatic rings. The van der Waals surface area contributed by atoms with E-state index in [0.717, 1.165) is 75.7 Å². The zero-order chi connectivity index (χ0) is 19.2. The third-order valence-electron chi connectivity index (χ3n) is 6.55. The van der Waals surface area contributed by atoms with Crippen LogP contribution in [0.5, 0.6) is 0 Å². The molecule has 0 radical (unpaired) electrons. The number of anilines is 2. The number of H-pyrrole nitrogens is 1. The Morgan fingerprint density at radius 2 is 1.79 bits per heavy atom. The van der Waals surface area contributed by atoms with E-state index < -0.39 is 0 Å². The Bertz CT molecular complexity index is 1050. The number of morpholine rings is 1. The average molecular weight is 413 g/mol. The van der Waals surface area contributed by atoms with Crippen molar-refractivity contribution in [3.63, 3.8) is 0 Å². The van der Waals surface area contributed by atoms with Crippen LogP contribution in [-0.4, -0.2) is 62.5 Å². The van der Waals surface area contributed by atoms with Crippen molar-refractivity contribution in [3.8, 4) is 0 Å². The Hall–Kier alpha value is -2.03. The number of nitrogens with zero attached hydrogens (tertiary/aromatic N) is 4. The number of thiophene rings is 1. The first-order valence-electron chi connectivity index (χ1n) is 10.9. The van der Waals surface area contributed by atoms with Crippen molar-refractivity contribution >= 4 is 43.4 Å². The minimum Gasteiger partial charge on any atom is -0.378 e. The van der Waals surface area contributed by atoms with E-state index in [4.69, 9.17) is 14.7 Å². The number of piperazine rings is 1. The largest absolute Gasteiger partial charge is 0.378 e. The number of pyridine rings is 1. The van der Waals surface area contributed by atoms with Crippen LogP contribution < -0.4 is 20.1 Å². The van der Waals surface area contributed by atoms with E-state index in [9.17, 15) is 0 Å². The van der Waals surface area contributed by atoms with Crippen molar-refractivity contribution < 1.29 is 15.0 Å². The Balaban J connectivity index is 1.57. The molecule has 2 fully saturated rings. The Morgan fingerprint density at radius 1 is 1.00 bits per heavy atom. The Morgan fingerprint density at radius 3 is 2.62 bits per heavy atom. The second-order valence-electron chi connectivity index (χ2n) is 8.26. The summed E-state index contributed by atoms with van der Waals surface area (Å²) >= 11 is 1.82. The molecule has 0 atom stereocenters. The van der Waals surface area contributed by atoms with Gasteiger partial charge in [0.05, 0.1) is 18.6 Å². The molecular weight excluding hydrogens is 384 g/mol. The predicted molar refractivity (Wildman–Crippen MR) is 115 cm³/mol. The predicted octanol–water partition coefficient (Wildman–Crippen LogP) is 0.757. The zero-order valence-corrected chi connectivity index (χ0v) is 17.6. The highest BCUT2D eigenvalue weighted by atomic mass is 32.1. The number of aryl methyl sites for hydroxylation is 1. The van der Waals surface area contributed by atoms with Gasteiger partial charge in [0.25, 0.3) is 0 Å². The molecule has 2 saturated heterocycles. The first-order valence-corrected chi connectivity index (χ1v) is 11.8. The summed E-state index contributed by atoms with van der Waals surface area (Å²) in [5.41, 5.74) is 4.12. The minimum absolute atomic E-state index is 0.799. The quantitative estimate of drug-likeness (QED) is 0.673. The van der Waals surface area contributed by atoms with Crippen LogP contribution in [0.4, 0.5) is 11.6 Å². The van der Waals surface area contributed by atoms with E-state index in [1.807, 2.05) is 17.7 Å². The van der Waals surface area contributed by atoms with Crippen LogP contribution in [0.1, 0.15) is 24.0 Å². The number of nitrogens with two attached hydrogens (primary N) is 1. The molecule has 7 nitrogen and oxygen atoms in total. The van der Waals surface area contributed by atoms with Gasteiger partial charge >= 0.3 is 0 Å². The third kappa shape index (κ3) is 2.96. The van der Waals surface area contributed by atoms with Gasteiger partial charge in [-0.25, -0.2) is 9.97 Å². The number of ether oxygens (including phenoxy) is 1. The lowest BCUT2D eigenvalue weighted by Gasteiger charge is -2.31. The SMILES string of the molecule is c1nc2c(sc3nc(N4CCOCC4)c4c(c32)CCCC4)c(N2CC[NH2+]CC2)[nH+]1. The average Bonchev–Trinajstić information content (AvgIpc) is 3.18. The standard InChI is InChI=1S/C21H26N6OS/c1-2-4-15-14(3-1)16-17-18(20(24-13-23-17)26-7-5-22-6-8-26)29-21(16)25-19(15)27-9-11-28-12-10-27/h13,22H,1-12H2/p+2. The van der Waals surface area contributed by atoms with Crippen LogP contribution in [0.15, 0.2) is 6.33 Å². The maximum Gasteiger partial charge on any atom is 0.243 e. The fourth-order valence-corrected chi connectivity index (χ4v) is 6.29. The molecule has 0 bridgehead atoms. The first-order chi connectivity index (χ1) is 14.4. The summed E-state index contributed by atoms with van der Waals surface area (Å²) in [7, 11) is 0. The molecule has 3 aromatic rings. The van der Waals surface area contributed by atoms with Gasteiger partial charge in [0.2, 0.25) is 12.1 Å². The van der Waals surface area contributed by atoms with Gasteiger partial charge in [0, 0.05) is 13.1 Å². The number of quaternary nitrogens is 1. The monoisotopic (exact) mass is 412 g/mol. The fraction of sp³-hybridized carbons (Fsp3) is 0.571. The first kappa shape index (κ1) is 17.8. The zero-order valence-electron chi connectivity index (χ0n) is 16.7. The number of rotatable bonds is 2. The summed E-state index contributed by atoms with van der Waals surface area (Å²) in [5, 5.41) is 3.71. The van der Waals surface area contributed by atoms with Crippen LogP contribution >= 0.6 is 11.3 Å². The maximum atomic E-state index is 5.59. The third-order valence-corrected chi connectivity index (χ3v) is 7.63. The molecule has 29 heavy (non-hydrogen) atoms. The Kier molecular flexibility index (Phi) is 4.50. The van der Waals surface area contributed by atoms with E-state index in [0.29, 0.717) is 0 Å². The van der Waals surface area contributed by atoms with Crippen molar-refractivity contribution in [2.24, 2.45) is 0 Å². The summed E-state index contributed by atoms with van der Waals surface area (Å²) in [6.45, 7) is 7.94. The number of aromatic amines is 1. The van der Waals surface area contributed by atoms with Gasteiger partial charge in [0.15, 0.2) is 5.52 Å². The molecule has 1 aliphatic carbocycles. The summed E-state index contributed by atoms with van der Waals surface area (Å²) in [5.74, 6) is 2.43. The topological polar surface area (TPSA) is 72.2 Å². The highest BCUT2D eigenvalue weighted by Gasteiger charge is 2.29. The number of hydrogen-bond donors (Lipinski definition) is 1. The van der Waals surface area contributed by atoms with E-state index >= 15 is 0 Å². The van der Waals surface area contributed by atoms with Crippen molar-refractivity contribution in [2.45, 2.75) is 25.7 Å². The van der Waals surface area contributed by atoms with Crippen LogP contribution in [0.3, 0.4) is 0 Å². The minimum atomic E-state index is 0.799. The van der Waals surface area contributed by atoms with Gasteiger partial charge in [-0.3, -0.25) is 4.90 Å². The van der Waals surface area contributed by atoms with E-state index in [1.165, 1.54) is 45.7 Å². The van der Waals surface area contributed by atoms with Crippen molar-refractivity contribution in [2.75, 3.05) is 62.3 Å². The van der Waals surface area contributed by atoms with Crippen LogP contribution in [0, 0.1) is 0 Å². The molecule has 5 heterocycles. The molecule has 8 heteroatoms. The number of fused-ring (bicyclic) bond motifs is 5. The van der Waals surface area contributed by atoms with E-state index in [-0.39, 0.29) is 0 Å². The van der Waals surface area contributed by atoms with Gasteiger partial charge in [-0.15, -0.1) is 16.3 Å². The highest BCUT2D eigenvalue weighted by Crippen LogP contribution is 2.42. The molecule has 3 N–H and O–H groups in total. The molecule has 152 valence electrons. The number of hydrogen-bond acceptors (Lipinski definition) is 6. The smallest absolute Gasteiger partial charge is 0.243 e. The summed E-state index contributed by atoms with van der Waals surface area (Å²) in [6, 6.07) is 0. The van der Waals surface area contributed by atoms with Gasteiger partial charge in [-0.2, -0.15) is 0 Å². The fourth-order valence-electron chi connectivity index (χ4n) is 5.11. The van der Waals surface area contributed by atoms with Crippen LogP contribution in [0.25, 0.3) is 20.4 Å². The molecule has 3 aromatic heterocycles. The van der Waals surface area contributed by atoms with E-state index in [1.54, 1.807) is 0 Å². The van der Waals surface area contributed by atoms with Crippen molar-refractivity contribution in [1.82, 2.24) is 9.97 Å². The lowest BCUT2D eigenvalue weighted by atomic mass is 9.90. The summed E-state index contributed by atoms with van der Waals surface area (Å²) < 4.78 is 6.86. The maximum absolute atomic E-state index is 5.59. The van der Waals surface area contributed by atoms with Crippen LogP contribution in [-0.2, 0) is 17.6 Å². The molecule has 0 spiro atoms. The molecular formula is C21H28N6OS+2. The lowest BCUT2D eigenvalue weighted by molar-refractivity contribution is -0.656. The second kappa shape index (κ2) is 7.34. The molecule has 0 unspecified atom stereocenters. The molecule has 0 aromatic carbocycles. The molecule has 6 rings (SSSR count). The highest BCUT2D eigenvalue weighted by molar-refractivity contribution is 7.26. The van der Waals surface area contributed by atoms with Gasteiger partial charge in [0.1, 0.15) is 41.5 Å². The second-order valence-corrected chi connectivity index (χ2v) is 9.26. The van der Waals surface area contributed by atoms with Crippen molar-refractivity contribution in [3.05, 3.63) is 17.5 Å². The normalized spacial score (nSPS) is 20.4. The van der Waals surface area contributed by atoms with Gasteiger partial charge in [-0.1, -0.05) is 0 Å². The van der Waals surface area contributed by atoms with Gasteiger partial charge < -0.3 is 15.0 Å². The number of nitrogens with one attached hydrogen (secondary N) is 1. The molecule has 2 aliphatic heterocycles. The van der Waals surface area contributed by atoms with Gasteiger partial charge in [-0.05, 0) is 36.8 Å². The lowest BCUT2D eigenvalue weighted by Crippen LogP contribution is -2.90. The molecule has 0 amide bonds.